The molecule has 0 radical (unpaired) electrons. The molecule has 0 aromatic heterocycles. The fourth-order valence-corrected chi connectivity index (χ4v) is 1.40. The van der Waals surface area contributed by atoms with E-state index in [0.717, 1.165) is 25.7 Å². The Morgan fingerprint density at radius 1 is 1.18 bits per heavy atom. The number of hydrogen-bond acceptors (Lipinski definition) is 3. The highest BCUT2D eigenvalue weighted by atomic mass is 16.4. The van der Waals surface area contributed by atoms with Crippen molar-refractivity contribution in [2.24, 2.45) is 5.73 Å². The number of likely N-dealkylation sites (N-methyl/N-ethyl adjacent to an activating group) is 1. The van der Waals surface area contributed by atoms with E-state index >= 15 is 0 Å². The van der Waals surface area contributed by atoms with Crippen LogP contribution in [0.2, 0.25) is 0 Å². The van der Waals surface area contributed by atoms with Gasteiger partial charge in [-0.05, 0) is 33.2 Å². The smallest absolute Gasteiger partial charge is 0.329 e. The monoisotopic (exact) mass is 244 g/mol. The zero-order valence-corrected chi connectivity index (χ0v) is 11.0. The van der Waals surface area contributed by atoms with Crippen molar-refractivity contribution in [3.63, 3.8) is 0 Å². The van der Waals surface area contributed by atoms with Gasteiger partial charge in [0.15, 0.2) is 0 Å². The number of aliphatic carboxylic acids is 1. The van der Waals surface area contributed by atoms with Gasteiger partial charge in [0.25, 0.3) is 0 Å². The summed E-state index contributed by atoms with van der Waals surface area (Å²) in [6.45, 7) is 3.74. The molecule has 5 heteroatoms. The third kappa shape index (κ3) is 5.17. The number of carbonyl (C=O) groups excluding carboxylic acids is 1. The second kappa shape index (κ2) is 7.27. The van der Waals surface area contributed by atoms with Crippen LogP contribution in [0.4, 0.5) is 0 Å². The molecular weight excluding hydrogens is 220 g/mol. The summed E-state index contributed by atoms with van der Waals surface area (Å²) < 4.78 is 0. The lowest BCUT2D eigenvalue weighted by Crippen LogP contribution is -2.50. The maximum absolute atomic E-state index is 11.8. The van der Waals surface area contributed by atoms with Gasteiger partial charge in [0.05, 0.1) is 0 Å². The highest BCUT2D eigenvalue weighted by molar-refractivity contribution is 5.86. The van der Waals surface area contributed by atoms with Gasteiger partial charge in [0, 0.05) is 13.5 Å². The number of nitrogens with two attached hydrogens (primary N) is 1. The van der Waals surface area contributed by atoms with Crippen LogP contribution in [0, 0.1) is 0 Å². The fraction of sp³-hybridized carbons (Fsp3) is 0.833. The van der Waals surface area contributed by atoms with Gasteiger partial charge >= 0.3 is 5.97 Å². The number of nitrogens with zero attached hydrogens (tertiary/aromatic N) is 1. The van der Waals surface area contributed by atoms with Crippen LogP contribution < -0.4 is 5.73 Å². The first kappa shape index (κ1) is 15.9. The first-order valence-electron chi connectivity index (χ1n) is 6.04. The molecule has 0 saturated heterocycles. The molecule has 5 nitrogen and oxygen atoms in total. The van der Waals surface area contributed by atoms with Crippen LogP contribution >= 0.6 is 0 Å². The number of amides is 1. The molecular formula is C12H24N2O3. The number of rotatable bonds is 8. The van der Waals surface area contributed by atoms with Gasteiger partial charge in [-0.1, -0.05) is 12.8 Å². The number of unbranched alkanes of at least 4 members (excludes halogenated alkanes) is 3. The predicted molar refractivity (Wildman–Crippen MR) is 66.6 cm³/mol. The quantitative estimate of drug-likeness (QED) is 0.629. The first-order chi connectivity index (χ1) is 7.84. The Kier molecular flexibility index (Phi) is 6.80. The zero-order chi connectivity index (χ0) is 13.5. The molecule has 0 aromatic carbocycles. The standard InChI is InChI=1S/C12H24N2O3/c1-12(2,11(16)17)14(3)10(15)8-6-4-5-7-9-13/h4-9,13H2,1-3H3,(H,16,17). The van der Waals surface area contributed by atoms with Crippen molar-refractivity contribution in [2.75, 3.05) is 13.6 Å². The van der Waals surface area contributed by atoms with Gasteiger partial charge in [0.2, 0.25) is 5.91 Å². The van der Waals surface area contributed by atoms with Gasteiger partial charge in [0.1, 0.15) is 5.54 Å². The SMILES string of the molecule is CN(C(=O)CCCCCCN)C(C)(C)C(=O)O. The van der Waals surface area contributed by atoms with Crippen LogP contribution in [0.5, 0.6) is 0 Å². The molecule has 0 aliphatic heterocycles. The molecule has 0 aliphatic rings. The van der Waals surface area contributed by atoms with Crippen molar-refractivity contribution >= 4 is 11.9 Å². The maximum atomic E-state index is 11.8. The van der Waals surface area contributed by atoms with Crippen LogP contribution in [0.25, 0.3) is 0 Å². The summed E-state index contributed by atoms with van der Waals surface area (Å²) >= 11 is 0. The zero-order valence-electron chi connectivity index (χ0n) is 11.0. The molecule has 0 spiro atoms. The second-order valence-electron chi connectivity index (χ2n) is 4.77. The minimum Gasteiger partial charge on any atom is -0.480 e. The predicted octanol–water partition coefficient (Wildman–Crippen LogP) is 1.22. The van der Waals surface area contributed by atoms with E-state index in [0.29, 0.717) is 13.0 Å². The Morgan fingerprint density at radius 2 is 1.71 bits per heavy atom. The van der Waals surface area contributed by atoms with E-state index in [1.165, 1.54) is 25.8 Å². The summed E-state index contributed by atoms with van der Waals surface area (Å²) in [6.07, 6.45) is 4.15. The molecule has 100 valence electrons. The van der Waals surface area contributed by atoms with Gasteiger partial charge < -0.3 is 15.7 Å². The third-order valence-corrected chi connectivity index (χ3v) is 3.08. The van der Waals surface area contributed by atoms with E-state index in [2.05, 4.69) is 0 Å². The summed E-state index contributed by atoms with van der Waals surface area (Å²) in [4.78, 5) is 24.0. The summed E-state index contributed by atoms with van der Waals surface area (Å²) in [5, 5.41) is 8.99. The van der Waals surface area contributed by atoms with Gasteiger partial charge in [-0.3, -0.25) is 4.79 Å². The summed E-state index contributed by atoms with van der Waals surface area (Å²) in [5.74, 6) is -1.11. The molecule has 0 saturated carbocycles. The Balaban J connectivity index is 4.02. The minimum absolute atomic E-state index is 0.120. The molecule has 0 aromatic rings. The molecule has 0 bridgehead atoms. The minimum atomic E-state index is -1.14. The van der Waals surface area contributed by atoms with Crippen molar-refractivity contribution in [3.8, 4) is 0 Å². The van der Waals surface area contributed by atoms with E-state index in [-0.39, 0.29) is 5.91 Å². The molecule has 0 atom stereocenters. The van der Waals surface area contributed by atoms with Crippen LogP contribution in [0.1, 0.15) is 46.0 Å². The van der Waals surface area contributed by atoms with E-state index in [4.69, 9.17) is 10.8 Å². The van der Waals surface area contributed by atoms with Gasteiger partial charge in [-0.15, -0.1) is 0 Å². The summed E-state index contributed by atoms with van der Waals surface area (Å²) in [5.41, 5.74) is 4.22. The summed E-state index contributed by atoms with van der Waals surface area (Å²) in [6, 6.07) is 0. The lowest BCUT2D eigenvalue weighted by molar-refractivity contribution is -0.155. The van der Waals surface area contributed by atoms with E-state index in [9.17, 15) is 9.59 Å². The van der Waals surface area contributed by atoms with Crippen LogP contribution in [-0.2, 0) is 9.59 Å². The lowest BCUT2D eigenvalue weighted by Gasteiger charge is -2.31. The average molecular weight is 244 g/mol. The van der Waals surface area contributed by atoms with E-state index in [1.807, 2.05) is 0 Å². The van der Waals surface area contributed by atoms with Crippen LogP contribution in [-0.4, -0.2) is 41.0 Å². The first-order valence-corrected chi connectivity index (χ1v) is 6.04. The molecule has 17 heavy (non-hydrogen) atoms. The third-order valence-electron chi connectivity index (χ3n) is 3.08. The fourth-order valence-electron chi connectivity index (χ4n) is 1.40. The molecule has 3 N–H and O–H groups in total. The largest absolute Gasteiger partial charge is 0.480 e. The molecule has 1 amide bonds. The van der Waals surface area contributed by atoms with Crippen molar-refractivity contribution in [3.05, 3.63) is 0 Å². The summed E-state index contributed by atoms with van der Waals surface area (Å²) in [7, 11) is 1.54. The molecule has 0 aliphatic carbocycles. The molecule has 0 fully saturated rings. The van der Waals surface area contributed by atoms with Crippen LogP contribution in [0.15, 0.2) is 0 Å². The molecule has 0 unspecified atom stereocenters. The van der Waals surface area contributed by atoms with Crippen molar-refractivity contribution < 1.29 is 14.7 Å². The van der Waals surface area contributed by atoms with Crippen molar-refractivity contribution in [2.45, 2.75) is 51.5 Å². The van der Waals surface area contributed by atoms with Crippen molar-refractivity contribution in [1.82, 2.24) is 4.90 Å². The van der Waals surface area contributed by atoms with E-state index < -0.39 is 11.5 Å². The lowest BCUT2D eigenvalue weighted by atomic mass is 10.0. The number of carboxylic acid groups (broad SMARTS) is 1. The van der Waals surface area contributed by atoms with E-state index in [1.54, 1.807) is 0 Å². The Bertz CT molecular complexity index is 264. The number of hydrogen-bond donors (Lipinski definition) is 2. The second-order valence-corrected chi connectivity index (χ2v) is 4.77. The molecule has 0 rings (SSSR count). The van der Waals surface area contributed by atoms with Crippen LogP contribution in [0.3, 0.4) is 0 Å². The highest BCUT2D eigenvalue weighted by Gasteiger charge is 2.34. The Morgan fingerprint density at radius 3 is 2.18 bits per heavy atom. The van der Waals surface area contributed by atoms with Crippen molar-refractivity contribution in [1.29, 1.82) is 0 Å². The topological polar surface area (TPSA) is 83.6 Å². The highest BCUT2D eigenvalue weighted by Crippen LogP contribution is 2.15. The Hall–Kier alpha value is -1.10. The average Bonchev–Trinajstić information content (AvgIpc) is 2.27. The Labute approximate surface area is 103 Å². The number of carbonyl (C=O) groups is 2. The molecule has 0 heterocycles. The van der Waals surface area contributed by atoms with Gasteiger partial charge in [-0.25, -0.2) is 4.79 Å². The number of carboxylic acids is 1. The van der Waals surface area contributed by atoms with Gasteiger partial charge in [-0.2, -0.15) is 0 Å². The maximum Gasteiger partial charge on any atom is 0.329 e. The normalized spacial score (nSPS) is 11.3.